The second kappa shape index (κ2) is 4.65. The lowest BCUT2D eigenvalue weighted by Gasteiger charge is -2.13. The molecule has 0 bridgehead atoms. The van der Waals surface area contributed by atoms with Gasteiger partial charge in [-0.25, -0.2) is 0 Å². The Morgan fingerprint density at radius 3 is 1.50 bits per heavy atom. The molecule has 1 aliphatic carbocycles. The molecular weight excluding hydrogens is 172 g/mol. The van der Waals surface area contributed by atoms with Gasteiger partial charge in [0.2, 0.25) is 0 Å². The van der Waals surface area contributed by atoms with Gasteiger partial charge in [0.15, 0.2) is 0 Å². The maximum atomic E-state index is 5.16. The zero-order valence-electron chi connectivity index (χ0n) is 10.4. The fourth-order valence-electron chi connectivity index (χ4n) is 2.10. The summed E-state index contributed by atoms with van der Waals surface area (Å²) in [5.74, 6) is 0. The first-order valence-electron chi connectivity index (χ1n) is 5.99. The highest BCUT2D eigenvalue weighted by molar-refractivity contribution is 4.74. The Labute approximate surface area is 89.2 Å². The maximum absolute atomic E-state index is 5.16. The standard InChI is InChI=1S/C7H14.C6H12O/c1-7(2)5-3-4-6-7;1-6(2)3-4-7-5-6/h3-6H2,1-2H3;3-5H2,1-2H3. The van der Waals surface area contributed by atoms with Gasteiger partial charge >= 0.3 is 0 Å². The molecule has 2 rings (SSSR count). The largest absolute Gasteiger partial charge is 0.381 e. The lowest BCUT2D eigenvalue weighted by molar-refractivity contribution is 0.167. The topological polar surface area (TPSA) is 9.23 Å². The molecule has 1 nitrogen and oxygen atoms in total. The van der Waals surface area contributed by atoms with Crippen LogP contribution in [0.2, 0.25) is 0 Å². The third-order valence-corrected chi connectivity index (χ3v) is 3.37. The van der Waals surface area contributed by atoms with E-state index in [4.69, 9.17) is 4.74 Å². The molecule has 0 amide bonds. The van der Waals surface area contributed by atoms with Crippen molar-refractivity contribution in [1.82, 2.24) is 0 Å². The maximum Gasteiger partial charge on any atom is 0.0517 e. The molecule has 0 atom stereocenters. The van der Waals surface area contributed by atoms with Crippen molar-refractivity contribution in [1.29, 1.82) is 0 Å². The molecule has 0 radical (unpaired) electrons. The normalized spacial score (nSPS) is 28.3. The molecule has 14 heavy (non-hydrogen) atoms. The summed E-state index contributed by atoms with van der Waals surface area (Å²) in [5, 5.41) is 0. The lowest BCUT2D eigenvalue weighted by Crippen LogP contribution is -2.08. The summed E-state index contributed by atoms with van der Waals surface area (Å²) in [7, 11) is 0. The van der Waals surface area contributed by atoms with Crippen molar-refractivity contribution in [2.24, 2.45) is 10.8 Å². The molecule has 1 heteroatoms. The Morgan fingerprint density at radius 2 is 1.36 bits per heavy atom. The Balaban J connectivity index is 0.000000140. The average Bonchev–Trinajstić information content (AvgIpc) is 2.60. The first kappa shape index (κ1) is 12.0. The molecular formula is C13H26O. The minimum absolute atomic E-state index is 0.472. The fraction of sp³-hybridized carbons (Fsp3) is 1.00. The molecule has 2 fully saturated rings. The van der Waals surface area contributed by atoms with Crippen molar-refractivity contribution >= 4 is 0 Å². The highest BCUT2D eigenvalue weighted by Gasteiger charge is 2.23. The van der Waals surface area contributed by atoms with Crippen LogP contribution in [0, 0.1) is 10.8 Å². The summed E-state index contributed by atoms with van der Waals surface area (Å²) in [6, 6.07) is 0. The minimum Gasteiger partial charge on any atom is -0.381 e. The van der Waals surface area contributed by atoms with E-state index in [-0.39, 0.29) is 0 Å². The Morgan fingerprint density at radius 1 is 0.786 bits per heavy atom. The molecule has 0 aromatic rings. The third-order valence-electron chi connectivity index (χ3n) is 3.37. The lowest BCUT2D eigenvalue weighted by atomic mass is 9.92. The zero-order valence-corrected chi connectivity index (χ0v) is 10.4. The van der Waals surface area contributed by atoms with Crippen LogP contribution >= 0.6 is 0 Å². The summed E-state index contributed by atoms with van der Waals surface area (Å²) < 4.78 is 5.16. The van der Waals surface area contributed by atoms with Gasteiger partial charge in [0, 0.05) is 6.61 Å². The van der Waals surface area contributed by atoms with Gasteiger partial charge < -0.3 is 4.74 Å². The number of rotatable bonds is 0. The van der Waals surface area contributed by atoms with Crippen LogP contribution < -0.4 is 0 Å². The Bertz CT molecular complexity index is 134. The molecule has 1 aliphatic heterocycles. The first-order chi connectivity index (χ1) is 6.41. The van der Waals surface area contributed by atoms with Gasteiger partial charge in [-0.05, 0) is 30.1 Å². The molecule has 1 saturated carbocycles. The average molecular weight is 198 g/mol. The van der Waals surface area contributed by atoms with E-state index in [0.717, 1.165) is 13.2 Å². The number of hydrogen-bond acceptors (Lipinski definition) is 1. The molecule has 0 unspecified atom stereocenters. The van der Waals surface area contributed by atoms with Crippen LogP contribution in [0.15, 0.2) is 0 Å². The van der Waals surface area contributed by atoms with E-state index >= 15 is 0 Å². The third kappa shape index (κ3) is 4.45. The minimum atomic E-state index is 0.472. The van der Waals surface area contributed by atoms with Crippen LogP contribution in [-0.4, -0.2) is 13.2 Å². The second-order valence-corrected chi connectivity index (χ2v) is 6.34. The number of ether oxygens (including phenoxy) is 1. The van der Waals surface area contributed by atoms with Crippen molar-refractivity contribution in [3.8, 4) is 0 Å². The zero-order chi connectivity index (χ0) is 10.7. The van der Waals surface area contributed by atoms with Crippen molar-refractivity contribution in [2.75, 3.05) is 13.2 Å². The van der Waals surface area contributed by atoms with E-state index < -0.39 is 0 Å². The second-order valence-electron chi connectivity index (χ2n) is 6.34. The molecule has 2 aliphatic rings. The van der Waals surface area contributed by atoms with Gasteiger partial charge in [-0.1, -0.05) is 40.5 Å². The van der Waals surface area contributed by atoms with Crippen LogP contribution in [-0.2, 0) is 4.74 Å². The predicted molar refractivity (Wildman–Crippen MR) is 61.5 cm³/mol. The molecule has 0 aromatic heterocycles. The molecule has 84 valence electrons. The van der Waals surface area contributed by atoms with Crippen molar-refractivity contribution in [3.63, 3.8) is 0 Å². The monoisotopic (exact) mass is 198 g/mol. The van der Waals surface area contributed by atoms with Crippen LogP contribution in [0.5, 0.6) is 0 Å². The highest BCUT2D eigenvalue weighted by Crippen LogP contribution is 2.36. The summed E-state index contributed by atoms with van der Waals surface area (Å²) in [6.07, 6.45) is 7.06. The van der Waals surface area contributed by atoms with Crippen LogP contribution in [0.25, 0.3) is 0 Å². The van der Waals surface area contributed by atoms with Gasteiger partial charge in [0.05, 0.1) is 6.61 Å². The summed E-state index contributed by atoms with van der Waals surface area (Å²) in [5.41, 5.74) is 1.17. The number of hydrogen-bond donors (Lipinski definition) is 0. The molecule has 1 saturated heterocycles. The molecule has 0 spiro atoms. The SMILES string of the molecule is CC1(C)CCCC1.CC1(C)CCOC1. The van der Waals surface area contributed by atoms with E-state index in [1.807, 2.05) is 0 Å². The van der Waals surface area contributed by atoms with Crippen molar-refractivity contribution < 1.29 is 4.74 Å². The Kier molecular flexibility index (Phi) is 4.00. The predicted octanol–water partition coefficient (Wildman–Crippen LogP) is 4.02. The van der Waals surface area contributed by atoms with Gasteiger partial charge in [-0.15, -0.1) is 0 Å². The summed E-state index contributed by atoms with van der Waals surface area (Å²) in [4.78, 5) is 0. The highest BCUT2D eigenvalue weighted by atomic mass is 16.5. The van der Waals surface area contributed by atoms with Crippen molar-refractivity contribution in [2.45, 2.75) is 59.8 Å². The van der Waals surface area contributed by atoms with Crippen LogP contribution in [0.3, 0.4) is 0 Å². The molecule has 0 N–H and O–H groups in total. The van der Waals surface area contributed by atoms with Gasteiger partial charge in [0.25, 0.3) is 0 Å². The van der Waals surface area contributed by atoms with E-state index in [1.165, 1.54) is 32.1 Å². The van der Waals surface area contributed by atoms with E-state index in [1.54, 1.807) is 0 Å². The van der Waals surface area contributed by atoms with Crippen LogP contribution in [0.1, 0.15) is 59.8 Å². The molecule has 0 aromatic carbocycles. The van der Waals surface area contributed by atoms with Gasteiger partial charge in [-0.2, -0.15) is 0 Å². The van der Waals surface area contributed by atoms with Gasteiger partial charge in [-0.3, -0.25) is 0 Å². The van der Waals surface area contributed by atoms with Gasteiger partial charge in [0.1, 0.15) is 0 Å². The van der Waals surface area contributed by atoms with Crippen molar-refractivity contribution in [3.05, 3.63) is 0 Å². The summed E-state index contributed by atoms with van der Waals surface area (Å²) >= 11 is 0. The summed E-state index contributed by atoms with van der Waals surface area (Å²) in [6.45, 7) is 11.1. The quantitative estimate of drug-likeness (QED) is 0.571. The van der Waals surface area contributed by atoms with Crippen LogP contribution in [0.4, 0.5) is 0 Å². The first-order valence-corrected chi connectivity index (χ1v) is 5.99. The van der Waals surface area contributed by atoms with E-state index in [9.17, 15) is 0 Å². The Hall–Kier alpha value is -0.0400. The van der Waals surface area contributed by atoms with E-state index in [2.05, 4.69) is 27.7 Å². The van der Waals surface area contributed by atoms with E-state index in [0.29, 0.717) is 10.8 Å². The molecule has 1 heterocycles. The smallest absolute Gasteiger partial charge is 0.0517 e. The fourth-order valence-corrected chi connectivity index (χ4v) is 2.10.